The second-order valence-corrected chi connectivity index (χ2v) is 7.29. The van der Waals surface area contributed by atoms with Crippen molar-refractivity contribution in [2.75, 3.05) is 5.32 Å². The number of ether oxygens (including phenoxy) is 1. The highest BCUT2D eigenvalue weighted by Gasteiger charge is 2.15. The van der Waals surface area contributed by atoms with Gasteiger partial charge in [-0.25, -0.2) is 0 Å². The van der Waals surface area contributed by atoms with Crippen molar-refractivity contribution in [1.82, 2.24) is 10.3 Å². The Hall–Kier alpha value is -4.39. The van der Waals surface area contributed by atoms with Crippen molar-refractivity contribution in [2.24, 2.45) is 0 Å². The first-order chi connectivity index (χ1) is 16.5. The van der Waals surface area contributed by atoms with E-state index in [-0.39, 0.29) is 5.70 Å². The van der Waals surface area contributed by atoms with Gasteiger partial charge in [0.05, 0.1) is 11.9 Å². The Kier molecular flexibility index (Phi) is 8.57. The van der Waals surface area contributed by atoms with Gasteiger partial charge in [0.1, 0.15) is 25.1 Å². The third-order valence-corrected chi connectivity index (χ3v) is 4.57. The van der Waals surface area contributed by atoms with Crippen LogP contribution in [-0.2, 0) is 4.79 Å². The highest BCUT2D eigenvalue weighted by atomic mass is 16.5. The zero-order chi connectivity index (χ0) is 24.3. The predicted molar refractivity (Wildman–Crippen MR) is 135 cm³/mol. The molecule has 1 heterocycles. The summed E-state index contributed by atoms with van der Waals surface area (Å²) >= 11 is 0. The Morgan fingerprint density at radius 1 is 1.00 bits per heavy atom. The first-order valence-corrected chi connectivity index (χ1v) is 10.6. The summed E-state index contributed by atoms with van der Waals surface area (Å²) < 4.78 is 5.82. The van der Waals surface area contributed by atoms with Gasteiger partial charge in [-0.15, -0.1) is 0 Å². The molecule has 168 valence electrons. The van der Waals surface area contributed by atoms with Crippen LogP contribution >= 0.6 is 0 Å². The van der Waals surface area contributed by atoms with Crippen LogP contribution in [0.15, 0.2) is 108 Å². The number of allylic oxidation sites excluding steroid dienone is 3. The molecule has 0 aliphatic rings. The third kappa shape index (κ3) is 7.07. The van der Waals surface area contributed by atoms with E-state index in [0.717, 1.165) is 0 Å². The molecule has 0 spiro atoms. The Balaban J connectivity index is 1.85. The number of carbonyl (C=O) groups is 2. The molecule has 0 bridgehead atoms. The van der Waals surface area contributed by atoms with Gasteiger partial charge in [-0.2, -0.15) is 0 Å². The third-order valence-electron chi connectivity index (χ3n) is 4.57. The van der Waals surface area contributed by atoms with Crippen LogP contribution in [-0.4, -0.2) is 24.6 Å². The smallest absolute Gasteiger partial charge is 0.272 e. The van der Waals surface area contributed by atoms with Crippen molar-refractivity contribution < 1.29 is 14.3 Å². The van der Waals surface area contributed by atoms with E-state index in [2.05, 4.69) is 15.6 Å². The molecule has 2 radical (unpaired) electrons. The summed E-state index contributed by atoms with van der Waals surface area (Å²) in [6.07, 6.45) is 8.34. The monoisotopic (exact) mass is 449 g/mol. The van der Waals surface area contributed by atoms with E-state index in [9.17, 15) is 9.59 Å². The number of nitrogens with zero attached hydrogens (tertiary/aromatic N) is 1. The van der Waals surface area contributed by atoms with Crippen molar-refractivity contribution in [3.63, 3.8) is 0 Å². The highest BCUT2D eigenvalue weighted by Crippen LogP contribution is 2.19. The number of pyridine rings is 1. The first kappa shape index (κ1) is 24.3. The van der Waals surface area contributed by atoms with Gasteiger partial charge >= 0.3 is 0 Å². The van der Waals surface area contributed by atoms with Crippen molar-refractivity contribution in [1.29, 1.82) is 0 Å². The number of anilines is 1. The number of benzene rings is 2. The van der Waals surface area contributed by atoms with Gasteiger partial charge in [0.15, 0.2) is 0 Å². The molecule has 0 unspecified atom stereocenters. The van der Waals surface area contributed by atoms with E-state index in [0.29, 0.717) is 33.8 Å². The maximum absolute atomic E-state index is 13.0. The van der Waals surface area contributed by atoms with Crippen LogP contribution in [0, 0.1) is 0 Å². The van der Waals surface area contributed by atoms with Crippen molar-refractivity contribution in [2.45, 2.75) is 13.8 Å². The number of hydrogen-bond acceptors (Lipinski definition) is 4. The van der Waals surface area contributed by atoms with Gasteiger partial charge in [0.25, 0.3) is 11.8 Å². The summed E-state index contributed by atoms with van der Waals surface area (Å²) in [7, 11) is 5.86. The lowest BCUT2D eigenvalue weighted by atomic mass is 9.96. The van der Waals surface area contributed by atoms with Crippen LogP contribution in [0.4, 0.5) is 5.69 Å². The number of rotatable bonds is 8. The lowest BCUT2D eigenvalue weighted by Crippen LogP contribution is -2.30. The summed E-state index contributed by atoms with van der Waals surface area (Å²) in [4.78, 5) is 29.7. The Labute approximate surface area is 200 Å². The van der Waals surface area contributed by atoms with Crippen LogP contribution in [0.1, 0.15) is 29.8 Å². The average Bonchev–Trinajstić information content (AvgIpc) is 2.85. The quantitative estimate of drug-likeness (QED) is 0.223. The van der Waals surface area contributed by atoms with E-state index < -0.39 is 11.8 Å². The van der Waals surface area contributed by atoms with Crippen molar-refractivity contribution in [3.05, 3.63) is 119 Å². The fourth-order valence-electron chi connectivity index (χ4n) is 2.90. The molecule has 0 saturated carbocycles. The van der Waals surface area contributed by atoms with Crippen LogP contribution in [0.5, 0.6) is 5.75 Å². The van der Waals surface area contributed by atoms with Crippen LogP contribution in [0.3, 0.4) is 0 Å². The summed E-state index contributed by atoms with van der Waals surface area (Å²) in [5, 5.41) is 5.45. The highest BCUT2D eigenvalue weighted by molar-refractivity contribution is 6.21. The number of amides is 2. The van der Waals surface area contributed by atoms with Gasteiger partial charge in [-0.05, 0) is 68.0 Å². The van der Waals surface area contributed by atoms with Crippen LogP contribution in [0.25, 0.3) is 6.08 Å². The molecule has 0 saturated heterocycles. The Morgan fingerprint density at radius 2 is 1.74 bits per heavy atom. The van der Waals surface area contributed by atoms with E-state index in [1.54, 1.807) is 85.9 Å². The molecule has 2 amide bonds. The fraction of sp³-hybridized carbons (Fsp3) is 0.0741. The molecule has 0 fully saturated rings. The molecule has 1 aromatic heterocycles. The number of hydrogen-bond donors (Lipinski definition) is 2. The lowest BCUT2D eigenvalue weighted by molar-refractivity contribution is -0.113. The molecule has 6 nitrogen and oxygen atoms in total. The predicted octanol–water partition coefficient (Wildman–Crippen LogP) is 4.85. The van der Waals surface area contributed by atoms with Gasteiger partial charge in [-0.3, -0.25) is 14.6 Å². The molecule has 3 aromatic rings. The number of carbonyl (C=O) groups excluding carboxylic acids is 2. The first-order valence-electron chi connectivity index (χ1n) is 10.6. The van der Waals surface area contributed by atoms with E-state index in [1.807, 2.05) is 19.1 Å². The summed E-state index contributed by atoms with van der Waals surface area (Å²) in [6, 6.07) is 19.2. The molecule has 2 aromatic carbocycles. The molecule has 0 atom stereocenters. The zero-order valence-electron chi connectivity index (χ0n) is 19.0. The molecule has 0 aliphatic heterocycles. The normalized spacial score (nSPS) is 12.1. The second kappa shape index (κ2) is 12.0. The summed E-state index contributed by atoms with van der Waals surface area (Å²) in [5.74, 6) is 0.268. The molecular formula is C27H24BN3O3. The maximum Gasteiger partial charge on any atom is 0.272 e. The minimum Gasteiger partial charge on any atom is -0.458 e. The molecular weight excluding hydrogens is 425 g/mol. The maximum atomic E-state index is 13.0. The van der Waals surface area contributed by atoms with Gasteiger partial charge in [0.2, 0.25) is 0 Å². The lowest BCUT2D eigenvalue weighted by Gasteiger charge is -2.12. The number of nitrogens with one attached hydrogen (secondary N) is 2. The molecule has 0 aliphatic carbocycles. The van der Waals surface area contributed by atoms with Gasteiger partial charge < -0.3 is 15.4 Å². The van der Waals surface area contributed by atoms with Crippen molar-refractivity contribution >= 4 is 31.4 Å². The Morgan fingerprint density at radius 3 is 2.35 bits per heavy atom. The SMILES string of the molecule is [B]/C(C)=C(/C=C\C)Oc1ccc(/C=C(\NC(=O)c2ccccc2)C(=O)Nc2cccnc2)cc1. The molecule has 34 heavy (non-hydrogen) atoms. The van der Waals surface area contributed by atoms with Gasteiger partial charge in [0, 0.05) is 11.8 Å². The van der Waals surface area contributed by atoms with Crippen LogP contribution in [0.2, 0.25) is 0 Å². The second-order valence-electron chi connectivity index (χ2n) is 7.29. The number of aromatic nitrogens is 1. The van der Waals surface area contributed by atoms with Crippen molar-refractivity contribution in [3.8, 4) is 5.75 Å². The summed E-state index contributed by atoms with van der Waals surface area (Å²) in [5.41, 5.74) is 2.28. The molecule has 7 heteroatoms. The fourth-order valence-corrected chi connectivity index (χ4v) is 2.90. The standard InChI is InChI=1S/C27H24BN3O3/c1-3-8-25(19(2)28)34-23-14-12-20(13-15-23)17-24(27(33)30-22-11-7-16-29-18-22)31-26(32)21-9-5-4-6-10-21/h3-18H,1-2H3,(H,30,33)(H,31,32)/b8-3-,24-17-,25-19-. The van der Waals surface area contributed by atoms with Gasteiger partial charge in [-0.1, -0.05) is 41.9 Å². The average molecular weight is 449 g/mol. The zero-order valence-corrected chi connectivity index (χ0v) is 19.0. The minimum atomic E-state index is -0.477. The topological polar surface area (TPSA) is 80.3 Å². The minimum absolute atomic E-state index is 0.0821. The van der Waals surface area contributed by atoms with E-state index in [4.69, 9.17) is 12.6 Å². The molecule has 2 N–H and O–H groups in total. The van der Waals surface area contributed by atoms with Crippen LogP contribution < -0.4 is 15.4 Å². The van der Waals surface area contributed by atoms with E-state index >= 15 is 0 Å². The largest absolute Gasteiger partial charge is 0.458 e. The van der Waals surface area contributed by atoms with E-state index in [1.165, 1.54) is 6.20 Å². The Bertz CT molecular complexity index is 1210. The summed E-state index contributed by atoms with van der Waals surface area (Å²) in [6.45, 7) is 3.64. The molecule has 3 rings (SSSR count).